The number of aromatic nitrogens is 1. The van der Waals surface area contributed by atoms with Crippen molar-refractivity contribution in [1.82, 2.24) is 4.98 Å². The van der Waals surface area contributed by atoms with Crippen molar-refractivity contribution in [2.45, 2.75) is 46.0 Å². The molecule has 0 bridgehead atoms. The summed E-state index contributed by atoms with van der Waals surface area (Å²) in [5, 5.41) is 3.20. The number of hydrogen-bond acceptors (Lipinski definition) is 4. The fraction of sp³-hybridized carbons (Fsp3) is 0.600. The van der Waals surface area contributed by atoms with Gasteiger partial charge in [0, 0.05) is 19.2 Å². The number of ether oxygens (including phenoxy) is 1. The van der Waals surface area contributed by atoms with Crippen molar-refractivity contribution in [3.63, 3.8) is 0 Å². The number of nitrogens with one attached hydrogen (secondary N) is 1. The Morgan fingerprint density at radius 3 is 2.63 bits per heavy atom. The molecule has 0 unspecified atom stereocenters. The van der Waals surface area contributed by atoms with E-state index in [0.717, 1.165) is 18.8 Å². The van der Waals surface area contributed by atoms with E-state index < -0.39 is 0 Å². The Hall–Kier alpha value is -1.58. The van der Waals surface area contributed by atoms with Gasteiger partial charge in [-0.1, -0.05) is 26.8 Å². The van der Waals surface area contributed by atoms with Crippen LogP contribution in [0.5, 0.6) is 0 Å². The molecule has 4 nitrogen and oxygen atoms in total. The zero-order valence-electron chi connectivity index (χ0n) is 12.3. The van der Waals surface area contributed by atoms with Gasteiger partial charge in [0.1, 0.15) is 5.82 Å². The minimum absolute atomic E-state index is 0.120. The highest BCUT2D eigenvalue weighted by atomic mass is 16.5. The average Bonchev–Trinajstić information content (AvgIpc) is 2.34. The highest BCUT2D eigenvalue weighted by Gasteiger charge is 2.13. The molecule has 0 aliphatic rings. The molecule has 0 aliphatic heterocycles. The summed E-state index contributed by atoms with van der Waals surface area (Å²) in [7, 11) is 0. The lowest BCUT2D eigenvalue weighted by Crippen LogP contribution is -2.12. The van der Waals surface area contributed by atoms with E-state index in [-0.39, 0.29) is 11.4 Å². The maximum absolute atomic E-state index is 11.1. The van der Waals surface area contributed by atoms with Gasteiger partial charge in [0.15, 0.2) is 0 Å². The summed E-state index contributed by atoms with van der Waals surface area (Å²) in [6.07, 6.45) is 3.09. The zero-order chi connectivity index (χ0) is 14.3. The van der Waals surface area contributed by atoms with Gasteiger partial charge < -0.3 is 10.1 Å². The summed E-state index contributed by atoms with van der Waals surface area (Å²) >= 11 is 0. The molecule has 1 heterocycles. The first-order valence-electron chi connectivity index (χ1n) is 6.79. The monoisotopic (exact) mass is 264 g/mol. The van der Waals surface area contributed by atoms with Crippen molar-refractivity contribution in [3.8, 4) is 0 Å². The minimum atomic E-state index is -0.139. The lowest BCUT2D eigenvalue weighted by atomic mass is 9.88. The molecule has 0 saturated heterocycles. The highest BCUT2D eigenvalue weighted by molar-refractivity contribution is 5.69. The number of rotatable bonds is 6. The van der Waals surface area contributed by atoms with E-state index in [1.54, 1.807) is 0 Å². The Morgan fingerprint density at radius 1 is 1.37 bits per heavy atom. The van der Waals surface area contributed by atoms with Crippen LogP contribution in [0.3, 0.4) is 0 Å². The molecule has 0 aliphatic carbocycles. The molecule has 0 atom stereocenters. The third-order valence-electron chi connectivity index (χ3n) is 2.80. The van der Waals surface area contributed by atoms with Crippen molar-refractivity contribution in [2.75, 3.05) is 18.5 Å². The number of nitrogens with zero attached hydrogens (tertiary/aromatic N) is 1. The summed E-state index contributed by atoms with van der Waals surface area (Å²) in [5.41, 5.74) is 1.33. The Labute approximate surface area is 115 Å². The molecule has 0 saturated carbocycles. The van der Waals surface area contributed by atoms with Crippen LogP contribution in [-0.4, -0.2) is 24.1 Å². The van der Waals surface area contributed by atoms with Crippen molar-refractivity contribution in [2.24, 2.45) is 0 Å². The normalized spacial score (nSPS) is 11.2. The van der Waals surface area contributed by atoms with E-state index in [4.69, 9.17) is 4.74 Å². The van der Waals surface area contributed by atoms with Crippen LogP contribution in [0, 0.1) is 0 Å². The van der Waals surface area contributed by atoms with E-state index in [9.17, 15) is 4.79 Å². The molecule has 0 amide bonds. The molecular formula is C15H24N2O2. The largest absolute Gasteiger partial charge is 0.466 e. The van der Waals surface area contributed by atoms with E-state index in [1.807, 2.05) is 19.2 Å². The Morgan fingerprint density at radius 2 is 2.11 bits per heavy atom. The highest BCUT2D eigenvalue weighted by Crippen LogP contribution is 2.21. The minimum Gasteiger partial charge on any atom is -0.466 e. The second kappa shape index (κ2) is 7.12. The van der Waals surface area contributed by atoms with Crippen LogP contribution in [-0.2, 0) is 14.9 Å². The van der Waals surface area contributed by atoms with E-state index in [0.29, 0.717) is 13.0 Å². The Bertz CT molecular complexity index is 394. The number of carbonyl (C=O) groups excluding carboxylic acids is 1. The fourth-order valence-corrected chi connectivity index (χ4v) is 1.62. The zero-order valence-corrected chi connectivity index (χ0v) is 12.3. The van der Waals surface area contributed by atoms with Crippen LogP contribution < -0.4 is 5.32 Å². The summed E-state index contributed by atoms with van der Waals surface area (Å²) in [6.45, 7) is 9.48. The molecule has 0 spiro atoms. The second-order valence-corrected chi connectivity index (χ2v) is 5.52. The van der Waals surface area contributed by atoms with Crippen LogP contribution in [0.4, 0.5) is 5.82 Å². The van der Waals surface area contributed by atoms with Gasteiger partial charge in [-0.3, -0.25) is 4.79 Å². The predicted molar refractivity (Wildman–Crippen MR) is 77.3 cm³/mol. The van der Waals surface area contributed by atoms with E-state index in [2.05, 4.69) is 37.1 Å². The molecule has 19 heavy (non-hydrogen) atoms. The van der Waals surface area contributed by atoms with Crippen molar-refractivity contribution in [1.29, 1.82) is 0 Å². The summed E-state index contributed by atoms with van der Waals surface area (Å²) in [4.78, 5) is 15.5. The first kappa shape index (κ1) is 15.5. The van der Waals surface area contributed by atoms with Gasteiger partial charge in [-0.25, -0.2) is 4.98 Å². The van der Waals surface area contributed by atoms with Crippen LogP contribution in [0.2, 0.25) is 0 Å². The number of carbonyl (C=O) groups is 1. The van der Waals surface area contributed by atoms with Crippen LogP contribution >= 0.6 is 0 Å². The maximum Gasteiger partial charge on any atom is 0.305 e. The average molecular weight is 264 g/mol. The molecule has 0 radical (unpaired) electrons. The van der Waals surface area contributed by atoms with Crippen molar-refractivity contribution < 1.29 is 9.53 Å². The molecule has 1 N–H and O–H groups in total. The topological polar surface area (TPSA) is 51.2 Å². The first-order valence-corrected chi connectivity index (χ1v) is 6.79. The molecule has 106 valence electrons. The summed E-state index contributed by atoms with van der Waals surface area (Å²) in [6, 6.07) is 4.06. The first-order chi connectivity index (χ1) is 8.93. The SMILES string of the molecule is CCOC(=O)CCCNc1ccc(C(C)(C)C)cn1. The van der Waals surface area contributed by atoms with Crippen LogP contribution in [0.15, 0.2) is 18.3 Å². The third kappa shape index (κ3) is 5.73. The number of esters is 1. The lowest BCUT2D eigenvalue weighted by molar-refractivity contribution is -0.143. The van der Waals surface area contributed by atoms with Gasteiger partial charge in [-0.05, 0) is 30.4 Å². The fourth-order valence-electron chi connectivity index (χ4n) is 1.62. The maximum atomic E-state index is 11.1. The molecule has 0 aromatic carbocycles. The van der Waals surface area contributed by atoms with Crippen molar-refractivity contribution >= 4 is 11.8 Å². The molecule has 4 heteroatoms. The number of hydrogen-bond donors (Lipinski definition) is 1. The second-order valence-electron chi connectivity index (χ2n) is 5.52. The van der Waals surface area contributed by atoms with Gasteiger partial charge in [-0.15, -0.1) is 0 Å². The molecule has 1 aromatic rings. The Kier molecular flexibility index (Phi) is 5.80. The Balaban J connectivity index is 2.33. The van der Waals surface area contributed by atoms with E-state index >= 15 is 0 Å². The summed E-state index contributed by atoms with van der Waals surface area (Å²) < 4.78 is 4.86. The quantitative estimate of drug-likeness (QED) is 0.633. The predicted octanol–water partition coefficient (Wildman–Crippen LogP) is 3.13. The van der Waals surface area contributed by atoms with Gasteiger partial charge in [0.2, 0.25) is 0 Å². The van der Waals surface area contributed by atoms with Gasteiger partial charge >= 0.3 is 5.97 Å². The van der Waals surface area contributed by atoms with Gasteiger partial charge in [0.25, 0.3) is 0 Å². The lowest BCUT2D eigenvalue weighted by Gasteiger charge is -2.18. The molecule has 1 rings (SSSR count). The molecule has 0 fully saturated rings. The standard InChI is InChI=1S/C15H24N2O2/c1-5-19-14(18)7-6-10-16-13-9-8-12(11-17-13)15(2,3)4/h8-9,11H,5-7,10H2,1-4H3,(H,16,17). The number of pyridine rings is 1. The molecular weight excluding hydrogens is 240 g/mol. The van der Waals surface area contributed by atoms with Gasteiger partial charge in [-0.2, -0.15) is 0 Å². The molecule has 1 aromatic heterocycles. The van der Waals surface area contributed by atoms with Crippen LogP contribution in [0.1, 0.15) is 46.1 Å². The van der Waals surface area contributed by atoms with Gasteiger partial charge in [0.05, 0.1) is 6.61 Å². The number of anilines is 1. The third-order valence-corrected chi connectivity index (χ3v) is 2.80. The van der Waals surface area contributed by atoms with Crippen LogP contribution in [0.25, 0.3) is 0 Å². The van der Waals surface area contributed by atoms with Crippen molar-refractivity contribution in [3.05, 3.63) is 23.9 Å². The smallest absolute Gasteiger partial charge is 0.305 e. The summed E-state index contributed by atoms with van der Waals surface area (Å²) in [5.74, 6) is 0.706. The van der Waals surface area contributed by atoms with E-state index in [1.165, 1.54) is 5.56 Å².